The standard InChI is InChI=1S/C16H18N4/c1-16(2,3)15-13(11-20(4)19-15)6-5-12-7-8-18-10-14(12)9-17/h5-8,10-11H,1-4H3/b6-5+. The summed E-state index contributed by atoms with van der Waals surface area (Å²) < 4.78 is 1.82. The number of hydrogen-bond acceptors (Lipinski definition) is 3. The summed E-state index contributed by atoms with van der Waals surface area (Å²) in [4.78, 5) is 3.96. The largest absolute Gasteiger partial charge is 0.275 e. The molecule has 0 saturated carbocycles. The van der Waals surface area contributed by atoms with Gasteiger partial charge in [0, 0.05) is 36.6 Å². The molecule has 2 aromatic heterocycles. The summed E-state index contributed by atoms with van der Waals surface area (Å²) in [6.45, 7) is 6.42. The molecule has 2 aromatic rings. The van der Waals surface area contributed by atoms with E-state index >= 15 is 0 Å². The van der Waals surface area contributed by atoms with E-state index in [2.05, 4.69) is 36.9 Å². The Hall–Kier alpha value is -2.41. The topological polar surface area (TPSA) is 54.5 Å². The van der Waals surface area contributed by atoms with E-state index in [1.54, 1.807) is 12.4 Å². The fourth-order valence-corrected chi connectivity index (χ4v) is 2.04. The van der Waals surface area contributed by atoms with E-state index in [0.29, 0.717) is 5.56 Å². The summed E-state index contributed by atoms with van der Waals surface area (Å²) in [5.41, 5.74) is 3.54. The zero-order valence-electron chi connectivity index (χ0n) is 12.3. The van der Waals surface area contributed by atoms with E-state index in [1.807, 2.05) is 36.1 Å². The first-order valence-electron chi connectivity index (χ1n) is 6.48. The van der Waals surface area contributed by atoms with Crippen LogP contribution in [0, 0.1) is 11.3 Å². The number of pyridine rings is 1. The lowest BCUT2D eigenvalue weighted by atomic mass is 9.89. The second-order valence-corrected chi connectivity index (χ2v) is 5.76. The molecule has 4 nitrogen and oxygen atoms in total. The van der Waals surface area contributed by atoms with Crippen LogP contribution in [-0.4, -0.2) is 14.8 Å². The molecule has 20 heavy (non-hydrogen) atoms. The highest BCUT2D eigenvalue weighted by molar-refractivity contribution is 5.73. The van der Waals surface area contributed by atoms with Crippen LogP contribution in [0.15, 0.2) is 24.7 Å². The van der Waals surface area contributed by atoms with Gasteiger partial charge in [0.25, 0.3) is 0 Å². The molecule has 4 heteroatoms. The van der Waals surface area contributed by atoms with Crippen molar-refractivity contribution in [3.8, 4) is 6.07 Å². The smallest absolute Gasteiger partial charge is 0.101 e. The maximum Gasteiger partial charge on any atom is 0.101 e. The Morgan fingerprint density at radius 2 is 1.95 bits per heavy atom. The van der Waals surface area contributed by atoms with Gasteiger partial charge in [-0.25, -0.2) is 0 Å². The summed E-state index contributed by atoms with van der Waals surface area (Å²) in [5, 5.41) is 13.6. The van der Waals surface area contributed by atoms with Crippen LogP contribution in [0.1, 0.15) is 43.2 Å². The van der Waals surface area contributed by atoms with Crippen molar-refractivity contribution in [1.82, 2.24) is 14.8 Å². The number of nitrogens with zero attached hydrogens (tertiary/aromatic N) is 4. The minimum absolute atomic E-state index is 0.0166. The first-order chi connectivity index (χ1) is 9.41. The fraction of sp³-hybridized carbons (Fsp3) is 0.312. The Kier molecular flexibility index (Phi) is 3.71. The quantitative estimate of drug-likeness (QED) is 0.839. The number of hydrogen-bond donors (Lipinski definition) is 0. The van der Waals surface area contributed by atoms with Gasteiger partial charge in [0.2, 0.25) is 0 Å². The lowest BCUT2D eigenvalue weighted by Crippen LogP contribution is -2.13. The molecule has 0 unspecified atom stereocenters. The highest BCUT2D eigenvalue weighted by Gasteiger charge is 2.20. The van der Waals surface area contributed by atoms with Crippen molar-refractivity contribution < 1.29 is 0 Å². The SMILES string of the molecule is Cn1cc(/C=C/c2ccncc2C#N)c(C(C)(C)C)n1. The van der Waals surface area contributed by atoms with Gasteiger partial charge in [-0.3, -0.25) is 9.67 Å². The fourth-order valence-electron chi connectivity index (χ4n) is 2.04. The first kappa shape index (κ1) is 14.0. The zero-order chi connectivity index (χ0) is 14.8. The van der Waals surface area contributed by atoms with Crippen LogP contribution in [0.25, 0.3) is 12.2 Å². The van der Waals surface area contributed by atoms with Gasteiger partial charge in [-0.1, -0.05) is 32.9 Å². The van der Waals surface area contributed by atoms with Gasteiger partial charge in [-0.2, -0.15) is 10.4 Å². The molecule has 0 aliphatic rings. The second-order valence-electron chi connectivity index (χ2n) is 5.76. The Morgan fingerprint density at radius 3 is 2.60 bits per heavy atom. The van der Waals surface area contributed by atoms with Crippen molar-refractivity contribution in [2.75, 3.05) is 0 Å². The van der Waals surface area contributed by atoms with Gasteiger partial charge in [0.05, 0.1) is 11.3 Å². The molecule has 0 aliphatic heterocycles. The van der Waals surface area contributed by atoms with E-state index < -0.39 is 0 Å². The van der Waals surface area contributed by atoms with Crippen LogP contribution < -0.4 is 0 Å². The molecule has 0 spiro atoms. The van der Waals surface area contributed by atoms with Crippen molar-refractivity contribution in [1.29, 1.82) is 5.26 Å². The monoisotopic (exact) mass is 266 g/mol. The molecule has 0 aromatic carbocycles. The molecule has 2 heterocycles. The predicted molar refractivity (Wildman–Crippen MR) is 79.8 cm³/mol. The van der Waals surface area contributed by atoms with Crippen molar-refractivity contribution in [3.63, 3.8) is 0 Å². The van der Waals surface area contributed by atoms with E-state index in [9.17, 15) is 0 Å². The van der Waals surface area contributed by atoms with Crippen molar-refractivity contribution >= 4 is 12.2 Å². The van der Waals surface area contributed by atoms with E-state index in [4.69, 9.17) is 5.26 Å². The van der Waals surface area contributed by atoms with Gasteiger partial charge < -0.3 is 0 Å². The first-order valence-corrected chi connectivity index (χ1v) is 6.48. The molecule has 0 amide bonds. The summed E-state index contributed by atoms with van der Waals surface area (Å²) in [5.74, 6) is 0. The summed E-state index contributed by atoms with van der Waals surface area (Å²) in [6.07, 6.45) is 9.20. The molecule has 2 rings (SSSR count). The van der Waals surface area contributed by atoms with Gasteiger partial charge in [0.1, 0.15) is 6.07 Å². The minimum Gasteiger partial charge on any atom is -0.275 e. The molecular formula is C16H18N4. The van der Waals surface area contributed by atoms with Crippen LogP contribution in [0.4, 0.5) is 0 Å². The molecule has 0 bridgehead atoms. The molecule has 0 atom stereocenters. The Morgan fingerprint density at radius 1 is 1.25 bits per heavy atom. The lowest BCUT2D eigenvalue weighted by Gasteiger charge is -2.16. The van der Waals surface area contributed by atoms with Crippen LogP contribution in [0.3, 0.4) is 0 Å². The summed E-state index contributed by atoms with van der Waals surface area (Å²) in [6, 6.07) is 3.98. The van der Waals surface area contributed by atoms with Crippen LogP contribution >= 0.6 is 0 Å². The lowest BCUT2D eigenvalue weighted by molar-refractivity contribution is 0.552. The van der Waals surface area contributed by atoms with Crippen LogP contribution in [0.2, 0.25) is 0 Å². The molecule has 0 aliphatic carbocycles. The highest BCUT2D eigenvalue weighted by Crippen LogP contribution is 2.25. The molecule has 0 saturated heterocycles. The van der Waals surface area contributed by atoms with Crippen LogP contribution in [0.5, 0.6) is 0 Å². The Balaban J connectivity index is 2.40. The van der Waals surface area contributed by atoms with Gasteiger partial charge >= 0.3 is 0 Å². The average molecular weight is 266 g/mol. The summed E-state index contributed by atoms with van der Waals surface area (Å²) in [7, 11) is 1.92. The van der Waals surface area contributed by atoms with E-state index in [0.717, 1.165) is 16.8 Å². The maximum absolute atomic E-state index is 9.06. The van der Waals surface area contributed by atoms with Gasteiger partial charge in [-0.05, 0) is 11.6 Å². The molecular weight excluding hydrogens is 248 g/mol. The van der Waals surface area contributed by atoms with Crippen molar-refractivity contribution in [2.45, 2.75) is 26.2 Å². The number of aryl methyl sites for hydroxylation is 1. The van der Waals surface area contributed by atoms with Gasteiger partial charge in [-0.15, -0.1) is 0 Å². The second kappa shape index (κ2) is 5.30. The maximum atomic E-state index is 9.06. The molecule has 0 fully saturated rings. The third-order valence-electron chi connectivity index (χ3n) is 2.99. The summed E-state index contributed by atoms with van der Waals surface area (Å²) >= 11 is 0. The highest BCUT2D eigenvalue weighted by atomic mass is 15.3. The predicted octanol–water partition coefficient (Wildman–Crippen LogP) is 3.15. The normalized spacial score (nSPS) is 11.8. The zero-order valence-corrected chi connectivity index (χ0v) is 12.3. The van der Waals surface area contributed by atoms with Crippen molar-refractivity contribution in [3.05, 3.63) is 47.0 Å². The number of rotatable bonds is 2. The van der Waals surface area contributed by atoms with E-state index in [1.165, 1.54) is 0 Å². The third kappa shape index (κ3) is 2.94. The number of nitriles is 1. The molecule has 0 N–H and O–H groups in total. The Labute approximate surface area is 119 Å². The Bertz CT molecular complexity index is 681. The molecule has 102 valence electrons. The molecule has 0 radical (unpaired) electrons. The third-order valence-corrected chi connectivity index (χ3v) is 2.99. The van der Waals surface area contributed by atoms with Gasteiger partial charge in [0.15, 0.2) is 0 Å². The average Bonchev–Trinajstić information content (AvgIpc) is 2.78. The van der Waals surface area contributed by atoms with E-state index in [-0.39, 0.29) is 5.41 Å². The van der Waals surface area contributed by atoms with Crippen LogP contribution in [-0.2, 0) is 12.5 Å². The number of aromatic nitrogens is 3. The van der Waals surface area contributed by atoms with Crippen molar-refractivity contribution in [2.24, 2.45) is 7.05 Å². The minimum atomic E-state index is -0.0166.